The van der Waals surface area contributed by atoms with Crippen molar-refractivity contribution < 1.29 is 14.7 Å². The average Bonchev–Trinajstić information content (AvgIpc) is 2.32. The van der Waals surface area contributed by atoms with Gasteiger partial charge in [-0.25, -0.2) is 0 Å². The van der Waals surface area contributed by atoms with E-state index in [4.69, 9.17) is 9.47 Å². The zero-order valence-corrected chi connectivity index (χ0v) is 9.86. The summed E-state index contributed by atoms with van der Waals surface area (Å²) in [6.45, 7) is 2.63. The summed E-state index contributed by atoms with van der Waals surface area (Å²) in [5.74, 6) is 1.46. The van der Waals surface area contributed by atoms with Gasteiger partial charge in [0.25, 0.3) is 0 Å². The van der Waals surface area contributed by atoms with Crippen molar-refractivity contribution in [3.05, 3.63) is 23.3 Å². The first-order chi connectivity index (χ1) is 7.67. The van der Waals surface area contributed by atoms with Crippen LogP contribution in [0.5, 0.6) is 11.5 Å². The quantitative estimate of drug-likeness (QED) is 0.832. The SMILES string of the molecule is COc1cc2c(cc1OC)C(C)N(O)CC2. The Balaban J connectivity index is 2.48. The number of rotatable bonds is 2. The Kier molecular flexibility index (Phi) is 3.03. The normalized spacial score (nSPS) is 20.4. The van der Waals surface area contributed by atoms with Gasteiger partial charge in [0.2, 0.25) is 0 Å². The fourth-order valence-corrected chi connectivity index (χ4v) is 2.13. The number of fused-ring (bicyclic) bond motifs is 1. The van der Waals surface area contributed by atoms with Gasteiger partial charge in [-0.1, -0.05) is 0 Å². The van der Waals surface area contributed by atoms with Crippen molar-refractivity contribution >= 4 is 0 Å². The fourth-order valence-electron chi connectivity index (χ4n) is 2.13. The van der Waals surface area contributed by atoms with Crippen LogP contribution in [0.2, 0.25) is 0 Å². The van der Waals surface area contributed by atoms with Crippen LogP contribution in [0.3, 0.4) is 0 Å². The van der Waals surface area contributed by atoms with Crippen LogP contribution in [0.15, 0.2) is 12.1 Å². The highest BCUT2D eigenvalue weighted by Gasteiger charge is 2.24. The molecule has 0 spiro atoms. The van der Waals surface area contributed by atoms with Gasteiger partial charge in [-0.15, -0.1) is 0 Å². The molecule has 16 heavy (non-hydrogen) atoms. The molecule has 0 saturated carbocycles. The molecule has 0 radical (unpaired) electrons. The van der Waals surface area contributed by atoms with E-state index in [1.807, 2.05) is 19.1 Å². The predicted octanol–water partition coefficient (Wildman–Crippen LogP) is 2.01. The summed E-state index contributed by atoms with van der Waals surface area (Å²) in [5.41, 5.74) is 2.32. The van der Waals surface area contributed by atoms with Crippen LogP contribution in [0.1, 0.15) is 24.1 Å². The second kappa shape index (κ2) is 4.31. The first-order valence-corrected chi connectivity index (χ1v) is 5.37. The minimum Gasteiger partial charge on any atom is -0.493 e. The van der Waals surface area contributed by atoms with Crippen LogP contribution in [0.4, 0.5) is 0 Å². The lowest BCUT2D eigenvalue weighted by Gasteiger charge is -2.30. The maximum absolute atomic E-state index is 9.68. The van der Waals surface area contributed by atoms with Crippen molar-refractivity contribution in [1.29, 1.82) is 0 Å². The molecule has 1 N–H and O–H groups in total. The lowest BCUT2D eigenvalue weighted by atomic mass is 9.94. The molecular formula is C12H17NO3. The third-order valence-electron chi connectivity index (χ3n) is 3.15. The molecule has 4 nitrogen and oxygen atoms in total. The third-order valence-corrected chi connectivity index (χ3v) is 3.15. The molecule has 0 aliphatic carbocycles. The van der Waals surface area contributed by atoms with Crippen LogP contribution in [-0.4, -0.2) is 31.0 Å². The second-order valence-corrected chi connectivity index (χ2v) is 4.00. The molecular weight excluding hydrogens is 206 g/mol. The first-order valence-electron chi connectivity index (χ1n) is 5.37. The van der Waals surface area contributed by atoms with Gasteiger partial charge in [0.15, 0.2) is 11.5 Å². The van der Waals surface area contributed by atoms with Gasteiger partial charge in [-0.3, -0.25) is 0 Å². The largest absolute Gasteiger partial charge is 0.493 e. The number of benzene rings is 1. The Morgan fingerprint density at radius 3 is 2.50 bits per heavy atom. The summed E-state index contributed by atoms with van der Waals surface area (Å²) in [5, 5.41) is 11.0. The summed E-state index contributed by atoms with van der Waals surface area (Å²) < 4.78 is 10.5. The van der Waals surface area contributed by atoms with Crippen molar-refractivity contribution in [2.45, 2.75) is 19.4 Å². The predicted molar refractivity (Wildman–Crippen MR) is 60.2 cm³/mol. The maximum Gasteiger partial charge on any atom is 0.161 e. The topological polar surface area (TPSA) is 41.9 Å². The summed E-state index contributed by atoms with van der Waals surface area (Å²) in [4.78, 5) is 0. The summed E-state index contributed by atoms with van der Waals surface area (Å²) in [6.07, 6.45) is 0.830. The Bertz CT molecular complexity index is 392. The van der Waals surface area contributed by atoms with Crippen LogP contribution >= 0.6 is 0 Å². The maximum atomic E-state index is 9.68. The van der Waals surface area contributed by atoms with E-state index >= 15 is 0 Å². The van der Waals surface area contributed by atoms with E-state index in [1.54, 1.807) is 14.2 Å². The lowest BCUT2D eigenvalue weighted by Crippen LogP contribution is -2.30. The standard InChI is InChI=1S/C12H17NO3/c1-8-10-7-12(16-3)11(15-2)6-9(10)4-5-13(8)14/h6-8,14H,4-5H2,1-3H3. The Hall–Kier alpha value is -1.26. The summed E-state index contributed by atoms with van der Waals surface area (Å²) in [7, 11) is 3.25. The van der Waals surface area contributed by atoms with Crippen molar-refractivity contribution in [3.8, 4) is 11.5 Å². The van der Waals surface area contributed by atoms with Gasteiger partial charge >= 0.3 is 0 Å². The lowest BCUT2D eigenvalue weighted by molar-refractivity contribution is -0.127. The highest BCUT2D eigenvalue weighted by atomic mass is 16.5. The Labute approximate surface area is 95.4 Å². The van der Waals surface area contributed by atoms with Crippen LogP contribution < -0.4 is 9.47 Å². The van der Waals surface area contributed by atoms with Gasteiger partial charge in [0.05, 0.1) is 20.3 Å². The van der Waals surface area contributed by atoms with E-state index in [0.717, 1.165) is 17.7 Å². The molecule has 1 aromatic rings. The first kappa shape index (κ1) is 11.2. The zero-order chi connectivity index (χ0) is 11.7. The molecule has 0 bridgehead atoms. The molecule has 1 atom stereocenters. The molecule has 0 fully saturated rings. The van der Waals surface area contributed by atoms with Crippen molar-refractivity contribution in [2.24, 2.45) is 0 Å². The van der Waals surface area contributed by atoms with E-state index in [1.165, 1.54) is 10.6 Å². The summed E-state index contributed by atoms with van der Waals surface area (Å²) in [6, 6.07) is 3.95. The fraction of sp³-hybridized carbons (Fsp3) is 0.500. The van der Waals surface area contributed by atoms with Crippen LogP contribution in [0, 0.1) is 0 Å². The van der Waals surface area contributed by atoms with Crippen LogP contribution in [0.25, 0.3) is 0 Å². The molecule has 0 amide bonds. The molecule has 1 aromatic carbocycles. The number of hydroxylamine groups is 2. The molecule has 0 saturated heterocycles. The summed E-state index contributed by atoms with van der Waals surface area (Å²) >= 11 is 0. The van der Waals surface area contributed by atoms with Gasteiger partial charge in [0.1, 0.15) is 0 Å². The van der Waals surface area contributed by atoms with E-state index in [2.05, 4.69) is 0 Å². The van der Waals surface area contributed by atoms with E-state index < -0.39 is 0 Å². The number of ether oxygens (including phenoxy) is 2. The molecule has 1 aliphatic rings. The Morgan fingerprint density at radius 1 is 1.25 bits per heavy atom. The highest BCUT2D eigenvalue weighted by molar-refractivity contribution is 5.49. The number of nitrogens with zero attached hydrogens (tertiary/aromatic N) is 1. The van der Waals surface area contributed by atoms with E-state index in [9.17, 15) is 5.21 Å². The number of hydrogen-bond donors (Lipinski definition) is 1. The van der Waals surface area contributed by atoms with Crippen LogP contribution in [-0.2, 0) is 6.42 Å². The zero-order valence-electron chi connectivity index (χ0n) is 9.86. The average molecular weight is 223 g/mol. The second-order valence-electron chi connectivity index (χ2n) is 4.00. The van der Waals surface area contributed by atoms with Gasteiger partial charge in [-0.05, 0) is 36.6 Å². The Morgan fingerprint density at radius 2 is 1.88 bits per heavy atom. The van der Waals surface area contributed by atoms with Gasteiger partial charge in [-0.2, -0.15) is 5.06 Å². The molecule has 0 aromatic heterocycles. The monoisotopic (exact) mass is 223 g/mol. The third kappa shape index (κ3) is 1.74. The van der Waals surface area contributed by atoms with Gasteiger partial charge < -0.3 is 14.7 Å². The molecule has 1 heterocycles. The molecule has 2 rings (SSSR count). The highest BCUT2D eigenvalue weighted by Crippen LogP contribution is 2.37. The van der Waals surface area contributed by atoms with Gasteiger partial charge in [0, 0.05) is 6.54 Å². The smallest absolute Gasteiger partial charge is 0.161 e. The molecule has 4 heteroatoms. The minimum absolute atomic E-state index is 0.00329. The molecule has 88 valence electrons. The van der Waals surface area contributed by atoms with E-state index in [-0.39, 0.29) is 6.04 Å². The van der Waals surface area contributed by atoms with Crippen molar-refractivity contribution in [2.75, 3.05) is 20.8 Å². The molecule has 1 unspecified atom stereocenters. The molecule has 1 aliphatic heterocycles. The minimum atomic E-state index is 0.00329. The number of hydrogen-bond acceptors (Lipinski definition) is 4. The van der Waals surface area contributed by atoms with Crippen molar-refractivity contribution in [1.82, 2.24) is 5.06 Å². The van der Waals surface area contributed by atoms with E-state index in [0.29, 0.717) is 12.3 Å². The number of methoxy groups -OCH3 is 2. The van der Waals surface area contributed by atoms with Crippen molar-refractivity contribution in [3.63, 3.8) is 0 Å².